The van der Waals surface area contributed by atoms with Crippen molar-refractivity contribution >= 4 is 11.8 Å². The first-order chi connectivity index (χ1) is 24.4. The minimum absolute atomic E-state index is 0.183. The molecule has 5 N–H and O–H groups in total. The molecule has 1 rings (SSSR count). The van der Waals surface area contributed by atoms with E-state index in [1.54, 1.807) is 0 Å². The number of aliphatic hydroxyl groups is 4. The molecule has 0 bridgehead atoms. The average Bonchev–Trinajstić information content (AvgIpc) is 3.10. The molecular weight excluding hydrogens is 644 g/mol. The van der Waals surface area contributed by atoms with Gasteiger partial charge in [0.25, 0.3) is 5.91 Å². The zero-order valence-corrected chi connectivity index (χ0v) is 33.7. The van der Waals surface area contributed by atoms with E-state index in [0.29, 0.717) is 25.9 Å². The van der Waals surface area contributed by atoms with Crippen molar-refractivity contribution in [3.05, 3.63) is 0 Å². The Morgan fingerprint density at radius 1 is 0.608 bits per heavy atom. The van der Waals surface area contributed by atoms with Crippen molar-refractivity contribution in [1.29, 1.82) is 0 Å². The topological polar surface area (TPSA) is 140 Å². The third-order valence-electron chi connectivity index (χ3n) is 10.4. The summed E-state index contributed by atoms with van der Waals surface area (Å²) < 4.78 is 5.98. The lowest BCUT2D eigenvalue weighted by Gasteiger charge is -2.46. The van der Waals surface area contributed by atoms with Crippen molar-refractivity contribution in [3.63, 3.8) is 0 Å². The third kappa shape index (κ3) is 21.9. The largest absolute Gasteiger partial charge is 0.387 e. The zero-order valence-electron chi connectivity index (χ0n) is 33.7. The maximum absolute atomic E-state index is 13.6. The molecule has 0 aromatic rings. The standard InChI is InChI=1S/C42H82N2O7/c1-6-8-10-12-14-16-17-18-19-20-21-22-24-26-28-30-32-44(34(45)31-29-27-25-23-15-13-11-9-7-2)41-37(48)35(46)36(47)39(51-41)38(49)40(50)43-33-42(3,4)5/h35-39,41,46-49H,6-33H2,1-5H3,(H,43,50)/t35-,36-,37+,38?,39-,41+/m0/s1. The van der Waals surface area contributed by atoms with Crippen LogP contribution in [0.2, 0.25) is 0 Å². The maximum Gasteiger partial charge on any atom is 0.251 e. The Kier molecular flexibility index (Phi) is 27.3. The fraction of sp³-hybridized carbons (Fsp3) is 0.952. The van der Waals surface area contributed by atoms with Crippen LogP contribution in [0, 0.1) is 5.41 Å². The van der Waals surface area contributed by atoms with Gasteiger partial charge in [-0.3, -0.25) is 9.59 Å². The number of unbranched alkanes of at least 4 members (excludes halogenated alkanes) is 23. The number of carbonyl (C=O) groups excluding carboxylic acids is 2. The number of amides is 2. The number of nitrogens with one attached hydrogen (secondary N) is 1. The van der Waals surface area contributed by atoms with Crippen LogP contribution in [0.15, 0.2) is 0 Å². The van der Waals surface area contributed by atoms with Crippen LogP contribution in [-0.4, -0.2) is 87.0 Å². The lowest BCUT2D eigenvalue weighted by molar-refractivity contribution is -0.271. The summed E-state index contributed by atoms with van der Waals surface area (Å²) in [6, 6.07) is 0. The Balaban J connectivity index is 2.65. The number of hydrogen-bond donors (Lipinski definition) is 5. The van der Waals surface area contributed by atoms with E-state index in [-0.39, 0.29) is 11.3 Å². The van der Waals surface area contributed by atoms with E-state index >= 15 is 0 Å². The molecular formula is C42H82N2O7. The Morgan fingerprint density at radius 2 is 1.00 bits per heavy atom. The molecule has 0 spiro atoms. The summed E-state index contributed by atoms with van der Waals surface area (Å²) in [5.74, 6) is -0.918. The quantitative estimate of drug-likeness (QED) is 0.0453. The highest BCUT2D eigenvalue weighted by molar-refractivity contribution is 5.81. The van der Waals surface area contributed by atoms with Crippen LogP contribution >= 0.6 is 0 Å². The molecule has 1 unspecified atom stereocenters. The lowest BCUT2D eigenvalue weighted by Crippen LogP contribution is -2.67. The highest BCUT2D eigenvalue weighted by Crippen LogP contribution is 2.28. The van der Waals surface area contributed by atoms with Crippen molar-refractivity contribution in [2.45, 2.75) is 238 Å². The Labute approximate surface area is 313 Å². The van der Waals surface area contributed by atoms with E-state index in [1.165, 1.54) is 114 Å². The zero-order chi connectivity index (χ0) is 37.9. The summed E-state index contributed by atoms with van der Waals surface area (Å²) in [6.07, 6.45) is 20.8. The molecule has 1 fully saturated rings. The Morgan fingerprint density at radius 3 is 1.41 bits per heavy atom. The molecule has 51 heavy (non-hydrogen) atoms. The van der Waals surface area contributed by atoms with Crippen molar-refractivity contribution in [2.75, 3.05) is 13.1 Å². The van der Waals surface area contributed by atoms with Gasteiger partial charge >= 0.3 is 0 Å². The van der Waals surface area contributed by atoms with Crippen LogP contribution in [0.3, 0.4) is 0 Å². The molecule has 9 heteroatoms. The minimum atomic E-state index is -1.78. The minimum Gasteiger partial charge on any atom is -0.387 e. The van der Waals surface area contributed by atoms with Gasteiger partial charge in [-0.15, -0.1) is 0 Å². The summed E-state index contributed by atoms with van der Waals surface area (Å²) in [5.41, 5.74) is -0.231. The highest BCUT2D eigenvalue weighted by atomic mass is 16.6. The monoisotopic (exact) mass is 727 g/mol. The predicted molar refractivity (Wildman–Crippen MR) is 208 cm³/mol. The Hall–Kier alpha value is -1.26. The van der Waals surface area contributed by atoms with Crippen LogP contribution in [-0.2, 0) is 14.3 Å². The van der Waals surface area contributed by atoms with Crippen molar-refractivity contribution < 1.29 is 34.8 Å². The number of nitrogens with zero attached hydrogens (tertiary/aromatic N) is 1. The molecule has 1 saturated heterocycles. The highest BCUT2D eigenvalue weighted by Gasteiger charge is 2.50. The van der Waals surface area contributed by atoms with Gasteiger partial charge < -0.3 is 35.4 Å². The van der Waals surface area contributed by atoms with E-state index in [2.05, 4.69) is 19.2 Å². The number of ether oxygens (including phenoxy) is 1. The van der Waals surface area contributed by atoms with Crippen molar-refractivity contribution in [3.8, 4) is 0 Å². The summed E-state index contributed by atoms with van der Waals surface area (Å²) in [4.78, 5) is 27.9. The van der Waals surface area contributed by atoms with Crippen LogP contribution in [0.5, 0.6) is 0 Å². The van der Waals surface area contributed by atoms with Gasteiger partial charge in [0.1, 0.15) is 24.4 Å². The maximum atomic E-state index is 13.6. The molecule has 0 aromatic carbocycles. The smallest absolute Gasteiger partial charge is 0.251 e. The summed E-state index contributed by atoms with van der Waals surface area (Å²) in [7, 11) is 0. The fourth-order valence-electron chi connectivity index (χ4n) is 6.97. The van der Waals surface area contributed by atoms with Gasteiger partial charge in [0.05, 0.1) is 0 Å². The first-order valence-electron chi connectivity index (χ1n) is 21.4. The molecule has 6 atom stereocenters. The Bertz CT molecular complexity index is 867. The van der Waals surface area contributed by atoms with Crippen LogP contribution in [0.4, 0.5) is 0 Å². The molecule has 9 nitrogen and oxygen atoms in total. The lowest BCUT2D eigenvalue weighted by atomic mass is 9.93. The van der Waals surface area contributed by atoms with Crippen LogP contribution in [0.1, 0.15) is 202 Å². The van der Waals surface area contributed by atoms with Crippen molar-refractivity contribution in [1.82, 2.24) is 10.2 Å². The molecule has 0 radical (unpaired) electrons. The van der Waals surface area contributed by atoms with E-state index in [1.807, 2.05) is 20.8 Å². The number of rotatable bonds is 31. The molecule has 1 heterocycles. The average molecular weight is 727 g/mol. The molecule has 302 valence electrons. The molecule has 2 amide bonds. The van der Waals surface area contributed by atoms with E-state index in [9.17, 15) is 30.0 Å². The van der Waals surface area contributed by atoms with Gasteiger partial charge in [0.2, 0.25) is 5.91 Å². The van der Waals surface area contributed by atoms with Gasteiger partial charge in [-0.1, -0.05) is 182 Å². The first kappa shape index (κ1) is 47.8. The third-order valence-corrected chi connectivity index (χ3v) is 10.4. The molecule has 0 aliphatic carbocycles. The first-order valence-corrected chi connectivity index (χ1v) is 21.4. The van der Waals surface area contributed by atoms with E-state index < -0.39 is 42.7 Å². The SMILES string of the molecule is CCCCCCCCCCCCCCCCCCN(C(=O)CCCCCCCCCCC)[C@@H]1O[C@H](C(O)C(=O)NCC(C)(C)C)[C@@H](O)[C@H](O)[C@H]1O. The molecule has 0 aromatic heterocycles. The second-order valence-electron chi connectivity index (χ2n) is 16.7. The second kappa shape index (κ2) is 29.1. The fourth-order valence-corrected chi connectivity index (χ4v) is 6.97. The number of aliphatic hydroxyl groups excluding tert-OH is 4. The molecule has 0 saturated carbocycles. The van der Waals surface area contributed by atoms with Crippen LogP contribution in [0.25, 0.3) is 0 Å². The van der Waals surface area contributed by atoms with Gasteiger partial charge in [0, 0.05) is 19.5 Å². The van der Waals surface area contributed by atoms with Gasteiger partial charge in [0.15, 0.2) is 12.3 Å². The van der Waals surface area contributed by atoms with Gasteiger partial charge in [-0.25, -0.2) is 0 Å². The molecule has 1 aliphatic rings. The number of carbonyl (C=O) groups is 2. The second-order valence-corrected chi connectivity index (χ2v) is 16.7. The van der Waals surface area contributed by atoms with Gasteiger partial charge in [-0.2, -0.15) is 0 Å². The van der Waals surface area contributed by atoms with Crippen molar-refractivity contribution in [2.24, 2.45) is 5.41 Å². The van der Waals surface area contributed by atoms with E-state index in [0.717, 1.165) is 44.9 Å². The summed E-state index contributed by atoms with van der Waals surface area (Å²) in [5, 5.41) is 46.1. The predicted octanol–water partition coefficient (Wildman–Crippen LogP) is 8.33. The van der Waals surface area contributed by atoms with Gasteiger partial charge in [-0.05, 0) is 18.3 Å². The molecule has 1 aliphatic heterocycles. The summed E-state index contributed by atoms with van der Waals surface area (Å²) in [6.45, 7) is 10.9. The normalized spacial score (nSPS) is 21.5. The van der Waals surface area contributed by atoms with E-state index in [4.69, 9.17) is 4.74 Å². The number of hydrogen-bond acceptors (Lipinski definition) is 7. The summed E-state index contributed by atoms with van der Waals surface area (Å²) >= 11 is 0. The van der Waals surface area contributed by atoms with Crippen LogP contribution < -0.4 is 5.32 Å².